The molecule has 126 valence electrons. The Morgan fingerprint density at radius 3 is 2.67 bits per heavy atom. The SMILES string of the molecule is CCc1ccc2c(c1)N1C=CC(C)N=C1C(N1CCN(C)CC1)=N2. The monoisotopic (exact) mass is 323 g/mol. The molecule has 4 rings (SSSR count). The lowest BCUT2D eigenvalue weighted by molar-refractivity contribution is 0.217. The predicted molar refractivity (Wildman–Crippen MR) is 101 cm³/mol. The van der Waals surface area contributed by atoms with Gasteiger partial charge in [-0.25, -0.2) is 4.99 Å². The van der Waals surface area contributed by atoms with Crippen LogP contribution in [0.5, 0.6) is 0 Å². The van der Waals surface area contributed by atoms with Crippen molar-refractivity contribution < 1.29 is 0 Å². The molecule has 0 aromatic heterocycles. The van der Waals surface area contributed by atoms with Gasteiger partial charge in [-0.1, -0.05) is 13.0 Å². The van der Waals surface area contributed by atoms with Gasteiger partial charge < -0.3 is 9.80 Å². The standard InChI is InChI=1S/C19H25N5/c1-4-15-5-6-16-17(13-15)24-8-7-14(2)20-19(24)18(21-16)23-11-9-22(3)10-12-23/h5-8,13-14H,4,9-12H2,1-3H3. The molecule has 0 aliphatic carbocycles. The molecule has 1 aromatic rings. The average Bonchev–Trinajstić information content (AvgIpc) is 2.61. The fourth-order valence-corrected chi connectivity index (χ4v) is 3.41. The van der Waals surface area contributed by atoms with Crippen LogP contribution < -0.4 is 4.90 Å². The molecule has 0 saturated carbocycles. The summed E-state index contributed by atoms with van der Waals surface area (Å²) in [7, 11) is 2.18. The Morgan fingerprint density at radius 1 is 1.12 bits per heavy atom. The van der Waals surface area contributed by atoms with E-state index in [1.807, 2.05) is 0 Å². The second kappa shape index (κ2) is 6.06. The topological polar surface area (TPSA) is 34.4 Å². The number of hydrogen-bond acceptors (Lipinski definition) is 5. The number of likely N-dealkylation sites (N-methyl/N-ethyl adjacent to an activating group) is 1. The molecular formula is C19H25N5. The van der Waals surface area contributed by atoms with Gasteiger partial charge in [0.05, 0.1) is 17.4 Å². The smallest absolute Gasteiger partial charge is 0.176 e. The molecule has 1 unspecified atom stereocenters. The summed E-state index contributed by atoms with van der Waals surface area (Å²) in [5.41, 5.74) is 3.52. The van der Waals surface area contributed by atoms with Crippen molar-refractivity contribution in [3.05, 3.63) is 36.0 Å². The van der Waals surface area contributed by atoms with E-state index in [1.54, 1.807) is 0 Å². The van der Waals surface area contributed by atoms with E-state index in [4.69, 9.17) is 9.98 Å². The van der Waals surface area contributed by atoms with Crippen LogP contribution >= 0.6 is 0 Å². The summed E-state index contributed by atoms with van der Waals surface area (Å²) in [6, 6.07) is 6.77. The van der Waals surface area contributed by atoms with Gasteiger partial charge in [0.2, 0.25) is 0 Å². The van der Waals surface area contributed by atoms with Gasteiger partial charge >= 0.3 is 0 Å². The molecule has 1 atom stereocenters. The lowest BCUT2D eigenvalue weighted by Crippen LogP contribution is -2.53. The third kappa shape index (κ3) is 2.63. The number of fused-ring (bicyclic) bond motifs is 3. The fourth-order valence-electron chi connectivity index (χ4n) is 3.41. The van der Waals surface area contributed by atoms with Crippen LogP contribution in [0.15, 0.2) is 40.5 Å². The van der Waals surface area contributed by atoms with E-state index < -0.39 is 0 Å². The molecule has 1 saturated heterocycles. The highest BCUT2D eigenvalue weighted by Gasteiger charge is 2.32. The Bertz CT molecular complexity index is 725. The minimum atomic E-state index is 0.199. The Labute approximate surface area is 144 Å². The largest absolute Gasteiger partial charge is 0.351 e. The Balaban J connectivity index is 1.78. The van der Waals surface area contributed by atoms with Crippen molar-refractivity contribution in [3.63, 3.8) is 0 Å². The first-order valence-corrected chi connectivity index (χ1v) is 8.86. The number of hydrogen-bond donors (Lipinski definition) is 0. The summed E-state index contributed by atoms with van der Waals surface area (Å²) >= 11 is 0. The van der Waals surface area contributed by atoms with E-state index in [0.717, 1.165) is 55.6 Å². The van der Waals surface area contributed by atoms with Crippen molar-refractivity contribution in [3.8, 4) is 0 Å². The van der Waals surface area contributed by atoms with Crippen LogP contribution in [0, 0.1) is 0 Å². The minimum absolute atomic E-state index is 0.199. The number of anilines is 1. The second-order valence-corrected chi connectivity index (χ2v) is 6.81. The van der Waals surface area contributed by atoms with Crippen LogP contribution in [0.3, 0.4) is 0 Å². The van der Waals surface area contributed by atoms with Crippen molar-refractivity contribution in [2.24, 2.45) is 9.98 Å². The van der Waals surface area contributed by atoms with E-state index in [1.165, 1.54) is 5.56 Å². The summed E-state index contributed by atoms with van der Waals surface area (Å²) < 4.78 is 0. The minimum Gasteiger partial charge on any atom is -0.351 e. The van der Waals surface area contributed by atoms with Gasteiger partial charge in [0.1, 0.15) is 0 Å². The Hall–Kier alpha value is -2.14. The number of amidine groups is 2. The van der Waals surface area contributed by atoms with E-state index in [0.29, 0.717) is 0 Å². The summed E-state index contributed by atoms with van der Waals surface area (Å²) in [5.74, 6) is 2.02. The summed E-state index contributed by atoms with van der Waals surface area (Å²) in [5, 5.41) is 0. The molecular weight excluding hydrogens is 298 g/mol. The molecule has 0 spiro atoms. The van der Waals surface area contributed by atoms with Crippen LogP contribution in [0.2, 0.25) is 0 Å². The van der Waals surface area contributed by atoms with Crippen LogP contribution in [0.25, 0.3) is 0 Å². The normalized spacial score (nSPS) is 23.5. The maximum Gasteiger partial charge on any atom is 0.176 e. The van der Waals surface area contributed by atoms with Crippen molar-refractivity contribution in [1.29, 1.82) is 0 Å². The molecule has 5 nitrogen and oxygen atoms in total. The lowest BCUT2D eigenvalue weighted by Gasteiger charge is -2.39. The number of aryl methyl sites for hydroxylation is 1. The van der Waals surface area contributed by atoms with Crippen molar-refractivity contribution in [2.45, 2.75) is 26.3 Å². The first kappa shape index (κ1) is 15.4. The highest BCUT2D eigenvalue weighted by molar-refractivity contribution is 6.47. The fraction of sp³-hybridized carbons (Fsp3) is 0.474. The van der Waals surface area contributed by atoms with E-state index in [-0.39, 0.29) is 6.04 Å². The number of piperazine rings is 1. The van der Waals surface area contributed by atoms with Gasteiger partial charge in [-0.3, -0.25) is 9.89 Å². The molecule has 24 heavy (non-hydrogen) atoms. The molecule has 0 radical (unpaired) electrons. The molecule has 1 aromatic carbocycles. The highest BCUT2D eigenvalue weighted by atomic mass is 15.3. The molecule has 3 aliphatic rings. The molecule has 1 fully saturated rings. The van der Waals surface area contributed by atoms with Crippen LogP contribution in [-0.2, 0) is 6.42 Å². The van der Waals surface area contributed by atoms with Gasteiger partial charge in [-0.05, 0) is 44.2 Å². The number of rotatable bonds is 1. The zero-order valence-corrected chi connectivity index (χ0v) is 14.7. The number of aliphatic imine (C=N–C) groups is 2. The number of benzene rings is 1. The quantitative estimate of drug-likeness (QED) is 0.797. The zero-order valence-electron chi connectivity index (χ0n) is 14.7. The number of nitrogens with zero attached hydrogens (tertiary/aromatic N) is 5. The van der Waals surface area contributed by atoms with E-state index in [2.05, 4.69) is 66.1 Å². The zero-order chi connectivity index (χ0) is 16.7. The highest BCUT2D eigenvalue weighted by Crippen LogP contribution is 2.36. The van der Waals surface area contributed by atoms with E-state index >= 15 is 0 Å². The van der Waals surface area contributed by atoms with Crippen LogP contribution in [0.1, 0.15) is 19.4 Å². The maximum atomic E-state index is 5.01. The Kier molecular flexibility index (Phi) is 3.88. The lowest BCUT2D eigenvalue weighted by atomic mass is 10.1. The van der Waals surface area contributed by atoms with Crippen LogP contribution in [-0.4, -0.2) is 60.7 Å². The molecule has 3 heterocycles. The van der Waals surface area contributed by atoms with Gasteiger partial charge in [-0.15, -0.1) is 0 Å². The van der Waals surface area contributed by atoms with Gasteiger partial charge in [0.15, 0.2) is 11.7 Å². The average molecular weight is 323 g/mol. The van der Waals surface area contributed by atoms with Gasteiger partial charge in [0.25, 0.3) is 0 Å². The first-order valence-electron chi connectivity index (χ1n) is 8.86. The van der Waals surface area contributed by atoms with Crippen LogP contribution in [0.4, 0.5) is 11.4 Å². The summed E-state index contributed by atoms with van der Waals surface area (Å²) in [4.78, 5) is 16.9. The van der Waals surface area contributed by atoms with Crippen molar-refractivity contribution >= 4 is 23.0 Å². The Morgan fingerprint density at radius 2 is 1.92 bits per heavy atom. The molecule has 3 aliphatic heterocycles. The summed E-state index contributed by atoms with van der Waals surface area (Å²) in [6.45, 7) is 8.46. The predicted octanol–water partition coefficient (Wildman–Crippen LogP) is 2.66. The van der Waals surface area contributed by atoms with E-state index in [9.17, 15) is 0 Å². The van der Waals surface area contributed by atoms with Crippen molar-refractivity contribution in [1.82, 2.24) is 9.80 Å². The molecule has 5 heteroatoms. The third-order valence-electron chi connectivity index (χ3n) is 5.00. The molecule has 0 bridgehead atoms. The van der Waals surface area contributed by atoms with Gasteiger partial charge in [-0.2, -0.15) is 0 Å². The maximum absolute atomic E-state index is 5.01. The first-order chi connectivity index (χ1) is 11.7. The van der Waals surface area contributed by atoms with Gasteiger partial charge in [0, 0.05) is 32.4 Å². The summed E-state index contributed by atoms with van der Waals surface area (Å²) in [6.07, 6.45) is 5.34. The molecule has 0 amide bonds. The third-order valence-corrected chi connectivity index (χ3v) is 5.00. The molecule has 0 N–H and O–H groups in total. The second-order valence-electron chi connectivity index (χ2n) is 6.81. The van der Waals surface area contributed by atoms with Crippen molar-refractivity contribution in [2.75, 3.05) is 38.1 Å².